The molecule has 0 saturated carbocycles. The zero-order valence-electron chi connectivity index (χ0n) is 17.7. The number of fused-ring (bicyclic) bond motifs is 1. The van der Waals surface area contributed by atoms with Crippen molar-refractivity contribution in [2.24, 2.45) is 0 Å². The van der Waals surface area contributed by atoms with Crippen LogP contribution in [-0.2, 0) is 11.2 Å². The summed E-state index contributed by atoms with van der Waals surface area (Å²) in [6.07, 6.45) is 3.50. The van der Waals surface area contributed by atoms with Crippen molar-refractivity contribution in [3.63, 3.8) is 0 Å². The summed E-state index contributed by atoms with van der Waals surface area (Å²) in [6.45, 7) is 6.78. The number of anilines is 1. The minimum absolute atomic E-state index is 0.00852. The number of nitrogens with zero attached hydrogens (tertiary/aromatic N) is 3. The van der Waals surface area contributed by atoms with Gasteiger partial charge < -0.3 is 20.3 Å². The van der Waals surface area contributed by atoms with Gasteiger partial charge in [0.15, 0.2) is 0 Å². The van der Waals surface area contributed by atoms with Crippen LogP contribution in [0, 0.1) is 0 Å². The lowest BCUT2D eigenvalue weighted by Crippen LogP contribution is -2.47. The molecule has 1 aromatic carbocycles. The van der Waals surface area contributed by atoms with E-state index in [2.05, 4.69) is 15.7 Å². The summed E-state index contributed by atoms with van der Waals surface area (Å²) in [4.78, 5) is 26.9. The first kappa shape index (κ1) is 20.3. The number of hydrogen-bond donors (Lipinski definition) is 2. The van der Waals surface area contributed by atoms with Crippen LogP contribution in [0.15, 0.2) is 36.5 Å². The molecule has 0 bridgehead atoms. The number of carbonyl (C=O) groups excluding carboxylic acids is 2. The van der Waals surface area contributed by atoms with E-state index in [0.717, 1.165) is 24.2 Å². The minimum Gasteiger partial charge on any atom is -0.444 e. The van der Waals surface area contributed by atoms with Crippen LogP contribution >= 0.6 is 0 Å². The molecule has 4 rings (SSSR count). The molecule has 0 spiro atoms. The molecule has 2 aliphatic heterocycles. The standard InChI is InChI=1S/C22H29N5O3/c1-22(2,3)30-21(29)26-11-7-10-16(14-26)27-19-17(13-23-27)20(28)25-18(24-19)12-15-8-5-4-6-9-15/h4-6,8-9,13,16,18,24H,7,10-12,14H2,1-3H3,(H,25,28). The van der Waals surface area contributed by atoms with Gasteiger partial charge in [0.2, 0.25) is 0 Å². The van der Waals surface area contributed by atoms with Gasteiger partial charge in [0.25, 0.3) is 5.91 Å². The van der Waals surface area contributed by atoms with Crippen molar-refractivity contribution >= 4 is 17.8 Å². The molecule has 2 aromatic rings. The maximum absolute atomic E-state index is 12.6. The maximum Gasteiger partial charge on any atom is 0.410 e. The Morgan fingerprint density at radius 2 is 2.00 bits per heavy atom. The molecule has 2 amide bonds. The predicted molar refractivity (Wildman–Crippen MR) is 113 cm³/mol. The van der Waals surface area contributed by atoms with Gasteiger partial charge in [0.1, 0.15) is 23.1 Å². The molecular formula is C22H29N5O3. The molecule has 1 fully saturated rings. The van der Waals surface area contributed by atoms with Gasteiger partial charge in [-0.1, -0.05) is 30.3 Å². The molecule has 30 heavy (non-hydrogen) atoms. The third-order valence-corrected chi connectivity index (χ3v) is 5.33. The third kappa shape index (κ3) is 4.42. The number of rotatable bonds is 3. The molecule has 2 N–H and O–H groups in total. The van der Waals surface area contributed by atoms with Crippen LogP contribution < -0.4 is 10.6 Å². The Morgan fingerprint density at radius 3 is 2.73 bits per heavy atom. The Kier molecular flexibility index (Phi) is 5.40. The van der Waals surface area contributed by atoms with Crippen LogP contribution in [-0.4, -0.2) is 51.5 Å². The highest BCUT2D eigenvalue weighted by Gasteiger charge is 2.33. The van der Waals surface area contributed by atoms with Gasteiger partial charge in [0, 0.05) is 19.5 Å². The van der Waals surface area contributed by atoms with Gasteiger partial charge in [0.05, 0.1) is 12.2 Å². The molecule has 1 saturated heterocycles. The van der Waals surface area contributed by atoms with Gasteiger partial charge in [-0.15, -0.1) is 0 Å². The summed E-state index contributed by atoms with van der Waals surface area (Å²) in [5, 5.41) is 10.9. The number of piperidine rings is 1. The molecule has 160 valence electrons. The van der Waals surface area contributed by atoms with Crippen molar-refractivity contribution in [1.82, 2.24) is 20.0 Å². The monoisotopic (exact) mass is 411 g/mol. The fourth-order valence-electron chi connectivity index (χ4n) is 3.98. The van der Waals surface area contributed by atoms with E-state index in [4.69, 9.17) is 4.74 Å². The number of hydrogen-bond acceptors (Lipinski definition) is 5. The molecule has 0 radical (unpaired) electrons. The quantitative estimate of drug-likeness (QED) is 0.810. The van der Waals surface area contributed by atoms with E-state index in [0.29, 0.717) is 25.1 Å². The lowest BCUT2D eigenvalue weighted by Gasteiger charge is -2.35. The predicted octanol–water partition coefficient (Wildman–Crippen LogP) is 3.18. The van der Waals surface area contributed by atoms with Gasteiger partial charge in [-0.3, -0.25) is 4.79 Å². The Labute approximate surface area is 176 Å². The van der Waals surface area contributed by atoms with E-state index in [-0.39, 0.29) is 24.2 Å². The van der Waals surface area contributed by atoms with E-state index in [9.17, 15) is 9.59 Å². The number of amides is 2. The van der Waals surface area contributed by atoms with Crippen LogP contribution in [0.1, 0.15) is 55.6 Å². The Morgan fingerprint density at radius 1 is 1.23 bits per heavy atom. The molecule has 3 heterocycles. The second-order valence-corrected chi connectivity index (χ2v) is 8.93. The van der Waals surface area contributed by atoms with Gasteiger partial charge in [-0.2, -0.15) is 5.10 Å². The minimum atomic E-state index is -0.529. The van der Waals surface area contributed by atoms with Crippen LogP contribution in [0.3, 0.4) is 0 Å². The highest BCUT2D eigenvalue weighted by atomic mass is 16.6. The number of likely N-dealkylation sites (tertiary alicyclic amines) is 1. The van der Waals surface area contributed by atoms with Crippen LogP contribution in [0.2, 0.25) is 0 Å². The van der Waals surface area contributed by atoms with Gasteiger partial charge in [-0.25, -0.2) is 9.48 Å². The third-order valence-electron chi connectivity index (χ3n) is 5.33. The summed E-state index contributed by atoms with van der Waals surface area (Å²) < 4.78 is 7.40. The SMILES string of the molecule is CC(C)(C)OC(=O)N1CCCC(n2ncc3c2NC(Cc2ccccc2)NC3=O)C1. The zero-order chi connectivity index (χ0) is 21.3. The highest BCUT2D eigenvalue weighted by Crippen LogP contribution is 2.30. The number of nitrogens with one attached hydrogen (secondary N) is 2. The molecule has 2 atom stereocenters. The molecule has 2 aliphatic rings. The van der Waals surface area contributed by atoms with Crippen molar-refractivity contribution in [2.45, 2.75) is 57.8 Å². The lowest BCUT2D eigenvalue weighted by atomic mass is 10.1. The fourth-order valence-corrected chi connectivity index (χ4v) is 3.98. The van der Waals surface area contributed by atoms with E-state index in [1.165, 1.54) is 0 Å². The molecule has 8 nitrogen and oxygen atoms in total. The Balaban J connectivity index is 1.50. The van der Waals surface area contributed by atoms with Crippen LogP contribution in [0.25, 0.3) is 0 Å². The van der Waals surface area contributed by atoms with Crippen LogP contribution in [0.4, 0.5) is 10.6 Å². The lowest BCUT2D eigenvalue weighted by molar-refractivity contribution is 0.0168. The molecule has 0 aliphatic carbocycles. The first-order chi connectivity index (χ1) is 14.3. The van der Waals surface area contributed by atoms with Crippen molar-refractivity contribution in [3.05, 3.63) is 47.7 Å². The number of carbonyl (C=O) groups is 2. The van der Waals surface area contributed by atoms with Crippen LogP contribution in [0.5, 0.6) is 0 Å². The summed E-state index contributed by atoms with van der Waals surface area (Å²) in [5.74, 6) is 0.589. The summed E-state index contributed by atoms with van der Waals surface area (Å²) in [6, 6.07) is 10.0. The second kappa shape index (κ2) is 8.01. The van der Waals surface area contributed by atoms with E-state index < -0.39 is 5.60 Å². The van der Waals surface area contributed by atoms with E-state index >= 15 is 0 Å². The number of aromatic nitrogens is 2. The first-order valence-corrected chi connectivity index (χ1v) is 10.5. The molecular weight excluding hydrogens is 382 g/mol. The largest absolute Gasteiger partial charge is 0.444 e. The first-order valence-electron chi connectivity index (χ1n) is 10.5. The highest BCUT2D eigenvalue weighted by molar-refractivity contribution is 6.00. The smallest absolute Gasteiger partial charge is 0.410 e. The van der Waals surface area contributed by atoms with E-state index in [1.807, 2.05) is 55.8 Å². The van der Waals surface area contributed by atoms with Crippen molar-refractivity contribution in [3.8, 4) is 0 Å². The van der Waals surface area contributed by atoms with Gasteiger partial charge in [-0.05, 0) is 39.2 Å². The average molecular weight is 412 g/mol. The number of ether oxygens (including phenoxy) is 1. The number of benzene rings is 1. The van der Waals surface area contributed by atoms with Crippen molar-refractivity contribution in [1.29, 1.82) is 0 Å². The zero-order valence-corrected chi connectivity index (χ0v) is 17.7. The summed E-state index contributed by atoms with van der Waals surface area (Å²) >= 11 is 0. The normalized spacial score (nSPS) is 21.4. The summed E-state index contributed by atoms with van der Waals surface area (Å²) in [5.41, 5.74) is 1.14. The van der Waals surface area contributed by atoms with Crippen molar-refractivity contribution in [2.75, 3.05) is 18.4 Å². The second-order valence-electron chi connectivity index (χ2n) is 8.93. The van der Waals surface area contributed by atoms with Gasteiger partial charge >= 0.3 is 6.09 Å². The average Bonchev–Trinajstić information content (AvgIpc) is 3.12. The fraction of sp³-hybridized carbons (Fsp3) is 0.500. The molecule has 2 unspecified atom stereocenters. The Hall–Kier alpha value is -3.03. The Bertz CT molecular complexity index is 919. The summed E-state index contributed by atoms with van der Waals surface area (Å²) in [7, 11) is 0. The van der Waals surface area contributed by atoms with E-state index in [1.54, 1.807) is 11.1 Å². The van der Waals surface area contributed by atoms with Crippen molar-refractivity contribution < 1.29 is 14.3 Å². The topological polar surface area (TPSA) is 88.5 Å². The molecule has 8 heteroatoms. The maximum atomic E-state index is 12.6. The molecule has 1 aromatic heterocycles.